The normalized spacial score (nSPS) is 12.2. The summed E-state index contributed by atoms with van der Waals surface area (Å²) in [5, 5.41) is 13.6. The minimum absolute atomic E-state index is 0.0257. The summed E-state index contributed by atoms with van der Waals surface area (Å²) in [7, 11) is 0. The summed E-state index contributed by atoms with van der Waals surface area (Å²) in [4.78, 5) is 0. The lowest BCUT2D eigenvalue weighted by Gasteiger charge is -2.22. The molecule has 0 heterocycles. The van der Waals surface area contributed by atoms with Crippen molar-refractivity contribution in [1.29, 1.82) is 0 Å². The van der Waals surface area contributed by atoms with E-state index in [9.17, 15) is 5.11 Å². The second-order valence-corrected chi connectivity index (χ2v) is 7.54. The van der Waals surface area contributed by atoms with Gasteiger partial charge < -0.3 is 10.4 Å². The monoisotopic (exact) mass is 475 g/mol. The SMILES string of the molecule is CCC(Nc1c(Br)cc(C)cc1Br)c1cc(Br)ccc1O. The molecule has 0 radical (unpaired) electrons. The predicted octanol–water partition coefficient (Wildman–Crippen LogP) is 6.55. The van der Waals surface area contributed by atoms with Crippen molar-refractivity contribution in [2.24, 2.45) is 0 Å². The Kier molecular flexibility index (Phi) is 5.74. The molecule has 0 fully saturated rings. The third kappa shape index (κ3) is 4.02. The van der Waals surface area contributed by atoms with Gasteiger partial charge in [0.05, 0.1) is 11.7 Å². The van der Waals surface area contributed by atoms with Crippen LogP contribution in [0, 0.1) is 6.92 Å². The quantitative estimate of drug-likeness (QED) is 0.523. The van der Waals surface area contributed by atoms with Crippen molar-refractivity contribution in [3.8, 4) is 5.75 Å². The van der Waals surface area contributed by atoms with Gasteiger partial charge in [-0.3, -0.25) is 0 Å². The summed E-state index contributed by atoms with van der Waals surface area (Å²) in [5.41, 5.74) is 3.05. The molecule has 0 aliphatic heterocycles. The molecule has 1 unspecified atom stereocenters. The molecule has 0 saturated carbocycles. The van der Waals surface area contributed by atoms with Gasteiger partial charge in [0.15, 0.2) is 0 Å². The zero-order valence-corrected chi connectivity index (χ0v) is 16.5. The number of nitrogens with one attached hydrogen (secondary N) is 1. The number of halogens is 3. The van der Waals surface area contributed by atoms with E-state index < -0.39 is 0 Å². The van der Waals surface area contributed by atoms with Crippen LogP contribution in [0.4, 0.5) is 5.69 Å². The van der Waals surface area contributed by atoms with Crippen LogP contribution in [-0.2, 0) is 0 Å². The average molecular weight is 478 g/mol. The van der Waals surface area contributed by atoms with Crippen molar-refractivity contribution in [3.05, 3.63) is 54.9 Å². The van der Waals surface area contributed by atoms with Gasteiger partial charge in [-0.05, 0) is 81.1 Å². The number of phenolic OH excluding ortho intramolecular Hbond substituents is 1. The highest BCUT2D eigenvalue weighted by Gasteiger charge is 2.17. The van der Waals surface area contributed by atoms with Gasteiger partial charge in [0.25, 0.3) is 0 Å². The van der Waals surface area contributed by atoms with Crippen molar-refractivity contribution in [2.75, 3.05) is 5.32 Å². The van der Waals surface area contributed by atoms with E-state index in [4.69, 9.17) is 0 Å². The summed E-state index contributed by atoms with van der Waals surface area (Å²) in [5.74, 6) is 0.303. The zero-order chi connectivity index (χ0) is 15.6. The molecule has 0 aliphatic carbocycles. The maximum atomic E-state index is 10.1. The van der Waals surface area contributed by atoms with E-state index in [-0.39, 0.29) is 6.04 Å². The van der Waals surface area contributed by atoms with Crippen molar-refractivity contribution in [2.45, 2.75) is 26.3 Å². The summed E-state index contributed by atoms with van der Waals surface area (Å²) >= 11 is 10.7. The van der Waals surface area contributed by atoms with Crippen LogP contribution in [0.25, 0.3) is 0 Å². The van der Waals surface area contributed by atoms with Gasteiger partial charge in [0.2, 0.25) is 0 Å². The molecule has 1 atom stereocenters. The van der Waals surface area contributed by atoms with Crippen molar-refractivity contribution >= 4 is 53.5 Å². The molecule has 0 spiro atoms. The van der Waals surface area contributed by atoms with Crippen molar-refractivity contribution in [1.82, 2.24) is 0 Å². The highest BCUT2D eigenvalue weighted by Crippen LogP contribution is 2.38. The van der Waals surface area contributed by atoms with Gasteiger partial charge in [-0.1, -0.05) is 22.9 Å². The third-order valence-electron chi connectivity index (χ3n) is 3.28. The molecule has 21 heavy (non-hydrogen) atoms. The van der Waals surface area contributed by atoms with E-state index in [1.54, 1.807) is 6.07 Å². The summed E-state index contributed by atoms with van der Waals surface area (Å²) in [6, 6.07) is 9.66. The molecule has 5 heteroatoms. The van der Waals surface area contributed by atoms with Crippen molar-refractivity contribution in [3.63, 3.8) is 0 Å². The molecular weight excluding hydrogens is 462 g/mol. The standard InChI is InChI=1S/C16H16Br3NO/c1-3-14(11-8-10(17)4-5-15(11)21)20-16-12(18)6-9(2)7-13(16)19/h4-8,14,20-21H,3H2,1-2H3. The largest absolute Gasteiger partial charge is 0.508 e. The summed E-state index contributed by atoms with van der Waals surface area (Å²) in [6.07, 6.45) is 0.858. The highest BCUT2D eigenvalue weighted by molar-refractivity contribution is 9.11. The Morgan fingerprint density at radius 1 is 1.10 bits per heavy atom. The Balaban J connectivity index is 2.38. The molecule has 2 nitrogen and oxygen atoms in total. The summed E-state index contributed by atoms with van der Waals surface area (Å²) < 4.78 is 2.96. The van der Waals surface area contributed by atoms with Crippen LogP contribution in [0.3, 0.4) is 0 Å². The lowest BCUT2D eigenvalue weighted by Crippen LogP contribution is -2.11. The smallest absolute Gasteiger partial charge is 0.120 e. The van der Waals surface area contributed by atoms with Gasteiger partial charge in [-0.25, -0.2) is 0 Å². The van der Waals surface area contributed by atoms with E-state index in [1.807, 2.05) is 12.1 Å². The second kappa shape index (κ2) is 7.16. The average Bonchev–Trinajstić information content (AvgIpc) is 2.41. The number of phenols is 1. The van der Waals surface area contributed by atoms with E-state index in [0.29, 0.717) is 5.75 Å². The van der Waals surface area contributed by atoms with Crippen LogP contribution >= 0.6 is 47.8 Å². The zero-order valence-electron chi connectivity index (χ0n) is 11.8. The number of rotatable bonds is 4. The molecule has 2 aromatic rings. The molecular formula is C16H16Br3NO. The molecule has 2 N–H and O–H groups in total. The van der Waals surface area contributed by atoms with Crippen molar-refractivity contribution < 1.29 is 5.11 Å². The Morgan fingerprint density at radius 3 is 2.29 bits per heavy atom. The maximum Gasteiger partial charge on any atom is 0.120 e. The van der Waals surface area contributed by atoms with Crippen LogP contribution < -0.4 is 5.32 Å². The molecule has 0 amide bonds. The lowest BCUT2D eigenvalue weighted by atomic mass is 10.0. The molecule has 2 aromatic carbocycles. The number of hydrogen-bond acceptors (Lipinski definition) is 2. The Morgan fingerprint density at radius 2 is 1.71 bits per heavy atom. The van der Waals surface area contributed by atoms with Gasteiger partial charge in [-0.2, -0.15) is 0 Å². The number of anilines is 1. The molecule has 0 aliphatic rings. The Bertz CT molecular complexity index is 635. The minimum atomic E-state index is 0.0257. The predicted molar refractivity (Wildman–Crippen MR) is 99.0 cm³/mol. The number of benzene rings is 2. The Labute approximate surface area is 150 Å². The van der Waals surface area contributed by atoms with Crippen LogP contribution in [0.5, 0.6) is 5.75 Å². The number of hydrogen-bond donors (Lipinski definition) is 2. The van der Waals surface area contributed by atoms with Gasteiger partial charge >= 0.3 is 0 Å². The second-order valence-electron chi connectivity index (χ2n) is 4.91. The first kappa shape index (κ1) is 16.8. The van der Waals surface area contributed by atoms with E-state index in [2.05, 4.69) is 79.1 Å². The molecule has 0 saturated heterocycles. The highest BCUT2D eigenvalue weighted by atomic mass is 79.9. The number of aryl methyl sites for hydroxylation is 1. The fourth-order valence-electron chi connectivity index (χ4n) is 2.22. The third-order valence-corrected chi connectivity index (χ3v) is 5.02. The number of aromatic hydroxyl groups is 1. The maximum absolute atomic E-state index is 10.1. The van der Waals surface area contributed by atoms with E-state index >= 15 is 0 Å². The first-order valence-corrected chi connectivity index (χ1v) is 9.00. The molecule has 112 valence electrons. The molecule has 0 aromatic heterocycles. The van der Waals surface area contributed by atoms with Gasteiger partial charge in [0, 0.05) is 19.0 Å². The van der Waals surface area contributed by atoms with Crippen LogP contribution in [0.1, 0.15) is 30.5 Å². The first-order chi connectivity index (χ1) is 9.92. The summed E-state index contributed by atoms with van der Waals surface area (Å²) in [6.45, 7) is 4.14. The van der Waals surface area contributed by atoms with E-state index in [0.717, 1.165) is 31.1 Å². The molecule has 0 bridgehead atoms. The Hall–Kier alpha value is -0.520. The fourth-order valence-corrected chi connectivity index (χ4v) is 4.24. The van der Waals surface area contributed by atoms with Crippen LogP contribution in [-0.4, -0.2) is 5.11 Å². The van der Waals surface area contributed by atoms with Crippen LogP contribution in [0.15, 0.2) is 43.7 Å². The van der Waals surface area contributed by atoms with Gasteiger partial charge in [-0.15, -0.1) is 0 Å². The lowest BCUT2D eigenvalue weighted by molar-refractivity contribution is 0.462. The fraction of sp³-hybridized carbons (Fsp3) is 0.250. The topological polar surface area (TPSA) is 32.3 Å². The van der Waals surface area contributed by atoms with E-state index in [1.165, 1.54) is 5.56 Å². The van der Waals surface area contributed by atoms with Crippen LogP contribution in [0.2, 0.25) is 0 Å². The molecule has 2 rings (SSSR count). The first-order valence-electron chi connectivity index (χ1n) is 6.63. The minimum Gasteiger partial charge on any atom is -0.508 e. The van der Waals surface area contributed by atoms with Gasteiger partial charge in [0.1, 0.15) is 5.75 Å².